The van der Waals surface area contributed by atoms with Crippen LogP contribution in [-0.2, 0) is 11.2 Å². The summed E-state index contributed by atoms with van der Waals surface area (Å²) in [6.07, 6.45) is 0.898. The number of benzene rings is 1. The molecule has 0 aliphatic rings. The van der Waals surface area contributed by atoms with Crippen molar-refractivity contribution in [3.63, 3.8) is 0 Å². The molecule has 0 aliphatic carbocycles. The number of carbonyl (C=O) groups excluding carboxylic acids is 2. The van der Waals surface area contributed by atoms with Crippen LogP contribution in [0, 0.1) is 6.92 Å². The molecule has 0 atom stereocenters. The van der Waals surface area contributed by atoms with Crippen molar-refractivity contribution in [2.24, 2.45) is 0 Å². The molecule has 0 spiro atoms. The lowest BCUT2D eigenvalue weighted by Crippen LogP contribution is -2.42. The van der Waals surface area contributed by atoms with Gasteiger partial charge in [0.05, 0.1) is 17.2 Å². The van der Waals surface area contributed by atoms with Gasteiger partial charge in [-0.25, -0.2) is 0 Å². The minimum atomic E-state index is -0.285. The molecule has 1 aromatic carbocycles. The highest BCUT2D eigenvalue weighted by atomic mass is 32.2. The minimum Gasteiger partial charge on any atom is -0.494 e. The highest BCUT2D eigenvalue weighted by Crippen LogP contribution is 2.22. The Morgan fingerprint density at radius 3 is 2.48 bits per heavy atom. The fourth-order valence-electron chi connectivity index (χ4n) is 2.15. The molecule has 2 amide bonds. The molecule has 134 valence electrons. The molecule has 0 fully saturated rings. The van der Waals surface area contributed by atoms with E-state index in [4.69, 9.17) is 4.74 Å². The quantitative estimate of drug-likeness (QED) is 0.571. The maximum atomic E-state index is 12.1. The van der Waals surface area contributed by atoms with Gasteiger partial charge in [0, 0.05) is 9.77 Å². The van der Waals surface area contributed by atoms with E-state index in [-0.39, 0.29) is 17.6 Å². The van der Waals surface area contributed by atoms with Crippen molar-refractivity contribution in [2.45, 2.75) is 32.1 Å². The van der Waals surface area contributed by atoms with Crippen molar-refractivity contribution in [2.75, 3.05) is 12.4 Å². The lowest BCUT2D eigenvalue weighted by atomic mass is 10.2. The third-order valence-corrected chi connectivity index (χ3v) is 5.78. The summed E-state index contributed by atoms with van der Waals surface area (Å²) >= 11 is 2.85. The molecule has 7 heteroatoms. The van der Waals surface area contributed by atoms with Crippen LogP contribution >= 0.6 is 23.1 Å². The molecular weight excluding hydrogens is 356 g/mol. The molecule has 2 rings (SSSR count). The Hall–Kier alpha value is -1.99. The van der Waals surface area contributed by atoms with Crippen molar-refractivity contribution in [3.05, 3.63) is 45.6 Å². The monoisotopic (exact) mass is 378 g/mol. The van der Waals surface area contributed by atoms with E-state index in [0.717, 1.165) is 22.6 Å². The first-order chi connectivity index (χ1) is 12.0. The second-order valence-corrected chi connectivity index (χ2v) is 7.45. The zero-order valence-electron chi connectivity index (χ0n) is 14.5. The molecule has 0 saturated heterocycles. The lowest BCUT2D eigenvalue weighted by molar-refractivity contribution is -0.119. The Labute approximate surface area is 156 Å². The van der Waals surface area contributed by atoms with Crippen molar-refractivity contribution < 1.29 is 14.3 Å². The van der Waals surface area contributed by atoms with E-state index in [9.17, 15) is 9.59 Å². The van der Waals surface area contributed by atoms with Crippen LogP contribution < -0.4 is 15.6 Å². The summed E-state index contributed by atoms with van der Waals surface area (Å²) in [6, 6.07) is 9.40. The number of hydrogen-bond donors (Lipinski definition) is 2. The van der Waals surface area contributed by atoms with Crippen LogP contribution in [0.25, 0.3) is 0 Å². The lowest BCUT2D eigenvalue weighted by Gasteiger charge is -2.07. The Bertz CT molecular complexity index is 726. The van der Waals surface area contributed by atoms with Crippen LogP contribution in [-0.4, -0.2) is 24.2 Å². The highest BCUT2D eigenvalue weighted by molar-refractivity contribution is 8.00. The number of thiophene rings is 1. The van der Waals surface area contributed by atoms with Gasteiger partial charge in [-0.3, -0.25) is 20.4 Å². The number of nitrogens with one attached hydrogen (secondary N) is 2. The first-order valence-electron chi connectivity index (χ1n) is 8.07. The molecule has 0 radical (unpaired) electrons. The minimum absolute atomic E-state index is 0.220. The van der Waals surface area contributed by atoms with Gasteiger partial charge in [-0.1, -0.05) is 6.92 Å². The summed E-state index contributed by atoms with van der Waals surface area (Å²) < 4.78 is 5.38. The van der Waals surface area contributed by atoms with E-state index in [1.807, 2.05) is 44.2 Å². The molecule has 1 heterocycles. The molecular formula is C18H22N2O3S2. The average molecular weight is 379 g/mol. The number of carbonyl (C=O) groups is 2. The van der Waals surface area contributed by atoms with E-state index in [0.29, 0.717) is 11.5 Å². The third-order valence-electron chi connectivity index (χ3n) is 3.39. The number of rotatable bonds is 7. The van der Waals surface area contributed by atoms with Crippen LogP contribution in [0.4, 0.5) is 0 Å². The molecule has 0 unspecified atom stereocenters. The first-order valence-corrected chi connectivity index (χ1v) is 9.87. The zero-order chi connectivity index (χ0) is 18.2. The normalized spacial score (nSPS) is 10.4. The number of hydrogen-bond acceptors (Lipinski definition) is 5. The van der Waals surface area contributed by atoms with Gasteiger partial charge >= 0.3 is 0 Å². The van der Waals surface area contributed by atoms with E-state index < -0.39 is 0 Å². The van der Waals surface area contributed by atoms with E-state index >= 15 is 0 Å². The number of ether oxygens (including phenoxy) is 1. The van der Waals surface area contributed by atoms with Gasteiger partial charge in [0.2, 0.25) is 5.91 Å². The smallest absolute Gasteiger partial charge is 0.279 e. The number of hydrazine groups is 1. The second-order valence-electron chi connectivity index (χ2n) is 5.27. The van der Waals surface area contributed by atoms with Crippen molar-refractivity contribution >= 4 is 34.9 Å². The molecule has 0 saturated carbocycles. The number of aryl methyl sites for hydroxylation is 2. The third kappa shape index (κ3) is 5.79. The van der Waals surface area contributed by atoms with Gasteiger partial charge in [-0.15, -0.1) is 23.1 Å². The summed E-state index contributed by atoms with van der Waals surface area (Å²) in [7, 11) is 0. The van der Waals surface area contributed by atoms with Crippen LogP contribution in [0.2, 0.25) is 0 Å². The highest BCUT2D eigenvalue weighted by Gasteiger charge is 2.12. The molecule has 0 aliphatic heterocycles. The fraction of sp³-hybridized carbons (Fsp3) is 0.333. The maximum Gasteiger partial charge on any atom is 0.279 e. The standard InChI is InChI=1S/C18H22N2O3S2/c1-4-15-12(3)10-16(25-15)18(22)20-19-17(21)11-24-14-8-6-13(7-9-14)23-5-2/h6-10H,4-5,11H2,1-3H3,(H,19,21)(H,20,22). The molecule has 5 nitrogen and oxygen atoms in total. The van der Waals surface area contributed by atoms with Crippen LogP contribution in [0.3, 0.4) is 0 Å². The van der Waals surface area contributed by atoms with Crippen LogP contribution in [0.15, 0.2) is 35.2 Å². The SMILES string of the molecule is CCOc1ccc(SCC(=O)NNC(=O)c2cc(C)c(CC)s2)cc1. The van der Waals surface area contributed by atoms with Gasteiger partial charge in [0.15, 0.2) is 0 Å². The Morgan fingerprint density at radius 2 is 1.88 bits per heavy atom. The predicted molar refractivity (Wildman–Crippen MR) is 102 cm³/mol. The van der Waals surface area contributed by atoms with Gasteiger partial charge in [0.1, 0.15) is 5.75 Å². The van der Waals surface area contributed by atoms with E-state index in [1.54, 1.807) is 0 Å². The topological polar surface area (TPSA) is 67.4 Å². The molecule has 0 bridgehead atoms. The van der Waals surface area contributed by atoms with Gasteiger partial charge in [0.25, 0.3) is 5.91 Å². The van der Waals surface area contributed by atoms with Crippen molar-refractivity contribution in [1.29, 1.82) is 0 Å². The van der Waals surface area contributed by atoms with Crippen LogP contribution in [0.1, 0.15) is 34.0 Å². The Morgan fingerprint density at radius 1 is 1.16 bits per heavy atom. The zero-order valence-corrected chi connectivity index (χ0v) is 16.2. The Balaban J connectivity index is 1.77. The van der Waals surface area contributed by atoms with Gasteiger partial charge in [-0.2, -0.15) is 0 Å². The number of thioether (sulfide) groups is 1. The first kappa shape index (κ1) is 19.3. The summed E-state index contributed by atoms with van der Waals surface area (Å²) in [6.45, 7) is 6.60. The molecule has 25 heavy (non-hydrogen) atoms. The molecule has 1 aromatic heterocycles. The van der Waals surface area contributed by atoms with Crippen LogP contribution in [0.5, 0.6) is 5.75 Å². The van der Waals surface area contributed by atoms with Crippen molar-refractivity contribution in [3.8, 4) is 5.75 Å². The van der Waals surface area contributed by atoms with E-state index in [2.05, 4.69) is 17.8 Å². The summed E-state index contributed by atoms with van der Waals surface area (Å²) in [5.41, 5.74) is 6.02. The van der Waals surface area contributed by atoms with Gasteiger partial charge in [-0.05, 0) is 56.2 Å². The second kappa shape index (κ2) is 9.48. The van der Waals surface area contributed by atoms with Gasteiger partial charge < -0.3 is 4.74 Å². The molecule has 2 N–H and O–H groups in total. The number of amides is 2. The average Bonchev–Trinajstić information content (AvgIpc) is 3.00. The Kier molecular flexibility index (Phi) is 7.33. The fourth-order valence-corrected chi connectivity index (χ4v) is 3.86. The maximum absolute atomic E-state index is 12.1. The summed E-state index contributed by atoms with van der Waals surface area (Å²) in [5, 5.41) is 0. The largest absolute Gasteiger partial charge is 0.494 e. The predicted octanol–water partition coefficient (Wildman–Crippen LogP) is 3.57. The van der Waals surface area contributed by atoms with Crippen molar-refractivity contribution in [1.82, 2.24) is 10.9 Å². The molecule has 2 aromatic rings. The van der Waals surface area contributed by atoms with E-state index in [1.165, 1.54) is 28.0 Å². The summed E-state index contributed by atoms with van der Waals surface area (Å²) in [5.74, 6) is 0.488. The summed E-state index contributed by atoms with van der Waals surface area (Å²) in [4.78, 5) is 26.7.